The fraction of sp³-hybridized carbons (Fsp3) is 0. The maximum absolute atomic E-state index is 6.58. The highest BCUT2D eigenvalue weighted by Crippen LogP contribution is 2.41. The summed E-state index contributed by atoms with van der Waals surface area (Å²) in [4.78, 5) is 15.7. The molecule has 0 bridgehead atoms. The first kappa shape index (κ1) is 33.9. The minimum atomic E-state index is 0.639. The van der Waals surface area contributed by atoms with E-state index in [-0.39, 0.29) is 0 Å². The van der Waals surface area contributed by atoms with Gasteiger partial charge in [0.15, 0.2) is 5.82 Å². The molecule has 12 aromatic rings. The molecule has 0 saturated carbocycles. The van der Waals surface area contributed by atoms with Crippen LogP contribution in [0.2, 0.25) is 0 Å². The summed E-state index contributed by atoms with van der Waals surface area (Å²) < 4.78 is 13.0. The first-order chi connectivity index (χ1) is 29.7. The molecule has 0 amide bonds. The third-order valence-corrected chi connectivity index (χ3v) is 11.5. The van der Waals surface area contributed by atoms with Crippen LogP contribution < -0.4 is 0 Å². The Hall–Kier alpha value is -8.15. The molecule has 0 radical (unpaired) electrons. The monoisotopic (exact) mass is 767 g/mol. The number of nitrogens with zero attached hydrogens (tertiary/aromatic N) is 3. The molecule has 12 rings (SSSR count). The van der Waals surface area contributed by atoms with E-state index in [4.69, 9.17) is 23.8 Å². The van der Waals surface area contributed by atoms with Crippen LogP contribution in [0.15, 0.2) is 209 Å². The average Bonchev–Trinajstić information content (AvgIpc) is 3.91. The second kappa shape index (κ2) is 13.8. The molecule has 5 heteroatoms. The van der Waals surface area contributed by atoms with Gasteiger partial charge in [-0.1, -0.05) is 164 Å². The predicted molar refractivity (Wildman–Crippen MR) is 245 cm³/mol. The second-order valence-electron chi connectivity index (χ2n) is 15.1. The van der Waals surface area contributed by atoms with Crippen LogP contribution in [0.3, 0.4) is 0 Å². The minimum absolute atomic E-state index is 0.639. The lowest BCUT2D eigenvalue weighted by Gasteiger charge is -2.12. The predicted octanol–water partition coefficient (Wildman–Crippen LogP) is 14.8. The van der Waals surface area contributed by atoms with E-state index < -0.39 is 0 Å². The highest BCUT2D eigenvalue weighted by Gasteiger charge is 2.20. The maximum atomic E-state index is 6.58. The lowest BCUT2D eigenvalue weighted by Crippen LogP contribution is -1.96. The van der Waals surface area contributed by atoms with Crippen molar-refractivity contribution in [1.82, 2.24) is 15.0 Å². The zero-order valence-corrected chi connectivity index (χ0v) is 32.2. The summed E-state index contributed by atoms with van der Waals surface area (Å²) in [5.41, 5.74) is 15.1. The van der Waals surface area contributed by atoms with E-state index in [0.29, 0.717) is 5.82 Å². The number of rotatable bonds is 6. The van der Waals surface area contributed by atoms with Crippen molar-refractivity contribution in [3.05, 3.63) is 200 Å². The van der Waals surface area contributed by atoms with Gasteiger partial charge in [0.05, 0.1) is 28.0 Å². The zero-order chi connectivity index (χ0) is 39.6. The summed E-state index contributed by atoms with van der Waals surface area (Å²) in [6.07, 6.45) is 0. The van der Waals surface area contributed by atoms with Crippen LogP contribution in [0, 0.1) is 0 Å². The number of furan rings is 2. The molecule has 0 atom stereocenters. The molecule has 280 valence electrons. The Morgan fingerprint density at radius 2 is 0.900 bits per heavy atom. The molecule has 0 saturated heterocycles. The SMILES string of the molecule is c1ccc(-c2ccc3c(c2)nc(-c2ccc(-c4nc(-c5ccccc5)cc(-c5cccc(-c6cccc7c6oc6ccccc67)c5)n4)cc2)c2c4ccccc4oc32)cc1. The van der Waals surface area contributed by atoms with E-state index in [1.165, 1.54) is 0 Å². The first-order valence-electron chi connectivity index (χ1n) is 20.1. The summed E-state index contributed by atoms with van der Waals surface area (Å²) in [5.74, 6) is 0.639. The van der Waals surface area contributed by atoms with Gasteiger partial charge in [-0.25, -0.2) is 15.0 Å². The summed E-state index contributed by atoms with van der Waals surface area (Å²) in [6, 6.07) is 68.9. The van der Waals surface area contributed by atoms with Crippen LogP contribution in [0.4, 0.5) is 0 Å². The van der Waals surface area contributed by atoms with Gasteiger partial charge in [0, 0.05) is 49.4 Å². The van der Waals surface area contributed by atoms with Gasteiger partial charge in [0.1, 0.15) is 22.3 Å². The Morgan fingerprint density at radius 1 is 0.317 bits per heavy atom. The molecule has 0 N–H and O–H groups in total. The maximum Gasteiger partial charge on any atom is 0.160 e. The molecule has 8 aromatic carbocycles. The molecule has 60 heavy (non-hydrogen) atoms. The van der Waals surface area contributed by atoms with Gasteiger partial charge in [0.25, 0.3) is 0 Å². The summed E-state index contributed by atoms with van der Waals surface area (Å²) in [7, 11) is 0. The molecule has 4 heterocycles. The van der Waals surface area contributed by atoms with Crippen molar-refractivity contribution >= 4 is 54.8 Å². The van der Waals surface area contributed by atoms with Crippen molar-refractivity contribution in [3.8, 4) is 67.4 Å². The lowest BCUT2D eigenvalue weighted by atomic mass is 9.98. The number of para-hydroxylation sites is 3. The largest absolute Gasteiger partial charge is 0.455 e. The molecule has 0 unspecified atom stereocenters. The van der Waals surface area contributed by atoms with E-state index in [1.807, 2.05) is 48.5 Å². The lowest BCUT2D eigenvalue weighted by molar-refractivity contribution is 0.670. The van der Waals surface area contributed by atoms with Gasteiger partial charge >= 0.3 is 0 Å². The molecule has 4 aromatic heterocycles. The molecule has 0 aliphatic heterocycles. The van der Waals surface area contributed by atoms with Crippen molar-refractivity contribution in [2.75, 3.05) is 0 Å². The zero-order valence-electron chi connectivity index (χ0n) is 32.2. The number of pyridine rings is 1. The van der Waals surface area contributed by atoms with Crippen molar-refractivity contribution in [1.29, 1.82) is 0 Å². The molecule has 0 aliphatic rings. The van der Waals surface area contributed by atoms with Crippen LogP contribution >= 0.6 is 0 Å². The summed E-state index contributed by atoms with van der Waals surface area (Å²) in [6.45, 7) is 0. The van der Waals surface area contributed by atoms with E-state index >= 15 is 0 Å². The van der Waals surface area contributed by atoms with E-state index in [1.54, 1.807) is 0 Å². The Bertz CT molecular complexity index is 3590. The van der Waals surface area contributed by atoms with Crippen molar-refractivity contribution in [2.24, 2.45) is 0 Å². The Kier molecular flexibility index (Phi) is 7.78. The normalized spacial score (nSPS) is 11.7. The number of hydrogen-bond donors (Lipinski definition) is 0. The van der Waals surface area contributed by atoms with E-state index in [9.17, 15) is 0 Å². The van der Waals surface area contributed by atoms with Crippen molar-refractivity contribution in [2.45, 2.75) is 0 Å². The molecular formula is C55H33N3O2. The number of aromatic nitrogens is 3. The van der Waals surface area contributed by atoms with Gasteiger partial charge in [-0.05, 0) is 53.1 Å². The molecule has 5 nitrogen and oxygen atoms in total. The summed E-state index contributed by atoms with van der Waals surface area (Å²) >= 11 is 0. The minimum Gasteiger partial charge on any atom is -0.455 e. The van der Waals surface area contributed by atoms with E-state index in [2.05, 4.69) is 152 Å². The van der Waals surface area contributed by atoms with Crippen LogP contribution in [0.1, 0.15) is 0 Å². The standard InChI is InChI=1S/C55H33N3O2/c1-3-13-34(14-4-1)38-29-30-44-48(32-38)56-52(51-45-20-8-10-24-50(45)60-54(44)51)36-25-27-37(28-26-36)55-57-46(35-15-5-2-6-16-35)33-47(58-55)40-18-11-17-39(31-40)41-21-12-22-43-42-19-7-9-23-49(42)59-53(41)43/h1-33H. The number of benzene rings is 8. The fourth-order valence-corrected chi connectivity index (χ4v) is 8.56. The summed E-state index contributed by atoms with van der Waals surface area (Å²) in [5, 5.41) is 5.24. The van der Waals surface area contributed by atoms with Crippen molar-refractivity contribution < 1.29 is 8.83 Å². The molecular weight excluding hydrogens is 735 g/mol. The van der Waals surface area contributed by atoms with Gasteiger partial charge in [-0.2, -0.15) is 0 Å². The van der Waals surface area contributed by atoms with Gasteiger partial charge in [0.2, 0.25) is 0 Å². The van der Waals surface area contributed by atoms with Crippen LogP contribution in [-0.4, -0.2) is 15.0 Å². The molecule has 0 aliphatic carbocycles. The highest BCUT2D eigenvalue weighted by molar-refractivity contribution is 6.19. The van der Waals surface area contributed by atoms with E-state index in [0.717, 1.165) is 116 Å². The fourth-order valence-electron chi connectivity index (χ4n) is 8.56. The topological polar surface area (TPSA) is 65.0 Å². The number of fused-ring (bicyclic) bond motifs is 8. The highest BCUT2D eigenvalue weighted by atomic mass is 16.3. The average molecular weight is 768 g/mol. The molecule has 0 fully saturated rings. The van der Waals surface area contributed by atoms with Crippen LogP contribution in [0.25, 0.3) is 122 Å². The first-order valence-corrected chi connectivity index (χ1v) is 20.1. The Labute approximate surface area is 344 Å². The quantitative estimate of drug-likeness (QED) is 0.169. The second-order valence-corrected chi connectivity index (χ2v) is 15.1. The van der Waals surface area contributed by atoms with Gasteiger partial charge in [-0.3, -0.25) is 0 Å². The van der Waals surface area contributed by atoms with Crippen LogP contribution in [-0.2, 0) is 0 Å². The van der Waals surface area contributed by atoms with Gasteiger partial charge < -0.3 is 8.83 Å². The third-order valence-electron chi connectivity index (χ3n) is 11.5. The Balaban J connectivity index is 0.983. The molecule has 0 spiro atoms. The Morgan fingerprint density at radius 3 is 1.70 bits per heavy atom. The third kappa shape index (κ3) is 5.67. The van der Waals surface area contributed by atoms with Crippen molar-refractivity contribution in [3.63, 3.8) is 0 Å². The number of hydrogen-bond acceptors (Lipinski definition) is 5. The van der Waals surface area contributed by atoms with Crippen LogP contribution in [0.5, 0.6) is 0 Å². The smallest absolute Gasteiger partial charge is 0.160 e. The van der Waals surface area contributed by atoms with Gasteiger partial charge in [-0.15, -0.1) is 0 Å².